The molecular formula is C25H40O6. The van der Waals surface area contributed by atoms with Gasteiger partial charge in [-0.3, -0.25) is 9.59 Å². The van der Waals surface area contributed by atoms with E-state index < -0.39 is 11.5 Å². The van der Waals surface area contributed by atoms with E-state index in [-0.39, 0.29) is 49.0 Å². The largest absolute Gasteiger partial charge is 0.462 e. The molecule has 176 valence electrons. The zero-order chi connectivity index (χ0) is 22.8. The molecule has 0 unspecified atom stereocenters. The number of fused-ring (bicyclic) bond motifs is 1. The van der Waals surface area contributed by atoms with Crippen molar-refractivity contribution in [3.05, 3.63) is 11.6 Å². The average molecular weight is 437 g/mol. The van der Waals surface area contributed by atoms with Gasteiger partial charge in [-0.05, 0) is 64.2 Å². The van der Waals surface area contributed by atoms with Crippen LogP contribution in [0.4, 0.5) is 0 Å². The Morgan fingerprint density at radius 1 is 1.29 bits per heavy atom. The van der Waals surface area contributed by atoms with Gasteiger partial charge >= 0.3 is 11.9 Å². The highest BCUT2D eigenvalue weighted by atomic mass is 16.6. The van der Waals surface area contributed by atoms with Gasteiger partial charge in [0.1, 0.15) is 12.2 Å². The first-order valence-corrected chi connectivity index (χ1v) is 12.0. The quantitative estimate of drug-likeness (QED) is 0.466. The summed E-state index contributed by atoms with van der Waals surface area (Å²) in [6, 6.07) is 0. The molecule has 2 fully saturated rings. The lowest BCUT2D eigenvalue weighted by molar-refractivity contribution is -0.167. The summed E-state index contributed by atoms with van der Waals surface area (Å²) in [7, 11) is 0. The molecule has 0 aromatic carbocycles. The van der Waals surface area contributed by atoms with Gasteiger partial charge in [-0.25, -0.2) is 0 Å². The van der Waals surface area contributed by atoms with Gasteiger partial charge in [-0.1, -0.05) is 25.5 Å². The Bertz CT molecular complexity index is 683. The highest BCUT2D eigenvalue weighted by Crippen LogP contribution is 2.48. The molecule has 0 aromatic heterocycles. The second-order valence-electron chi connectivity index (χ2n) is 10.6. The van der Waals surface area contributed by atoms with Crippen molar-refractivity contribution in [2.75, 3.05) is 6.61 Å². The van der Waals surface area contributed by atoms with Gasteiger partial charge in [-0.15, -0.1) is 0 Å². The molecule has 1 aliphatic heterocycles. The lowest BCUT2D eigenvalue weighted by Gasteiger charge is -2.46. The van der Waals surface area contributed by atoms with Crippen LogP contribution in [0.25, 0.3) is 0 Å². The maximum Gasteiger partial charge on any atom is 0.311 e. The van der Waals surface area contributed by atoms with Crippen LogP contribution in [0.15, 0.2) is 11.6 Å². The first kappa shape index (κ1) is 24.2. The Morgan fingerprint density at radius 3 is 2.68 bits per heavy atom. The standard InChI is InChI=1S/C25H40O6/c1-5-25(3,4)24(29)31-21-11-16(14-26)10-17-7-6-15(2)20(23(17)21)9-8-19-12-18(27)13-22(28)30-19/h10,15-16,18-21,23,26-27H,5-9,11-14H2,1-4H3/t15-,16-,18+,19+,20-,21-,23-/m0/s1. The van der Waals surface area contributed by atoms with Crippen LogP contribution in [0.3, 0.4) is 0 Å². The molecule has 31 heavy (non-hydrogen) atoms. The van der Waals surface area contributed by atoms with Crippen LogP contribution in [0.5, 0.6) is 0 Å². The number of carbonyl (C=O) groups is 2. The summed E-state index contributed by atoms with van der Waals surface area (Å²) in [5, 5.41) is 19.8. The summed E-state index contributed by atoms with van der Waals surface area (Å²) < 4.78 is 11.6. The Labute approximate surface area is 186 Å². The molecule has 0 bridgehead atoms. The van der Waals surface area contributed by atoms with E-state index in [1.54, 1.807) is 0 Å². The Kier molecular flexibility index (Phi) is 7.85. The van der Waals surface area contributed by atoms with E-state index in [9.17, 15) is 19.8 Å². The van der Waals surface area contributed by atoms with E-state index in [0.717, 1.165) is 19.3 Å². The van der Waals surface area contributed by atoms with Crippen LogP contribution in [0, 0.1) is 29.1 Å². The van der Waals surface area contributed by atoms with E-state index >= 15 is 0 Å². The van der Waals surface area contributed by atoms with Crippen molar-refractivity contribution < 1.29 is 29.3 Å². The molecule has 1 heterocycles. The molecule has 6 nitrogen and oxygen atoms in total. The number of aliphatic hydroxyl groups excluding tert-OH is 2. The lowest BCUT2D eigenvalue weighted by Crippen LogP contribution is -2.45. The fourth-order valence-corrected chi connectivity index (χ4v) is 5.50. The normalized spacial score (nSPS) is 36.3. The summed E-state index contributed by atoms with van der Waals surface area (Å²) in [6.45, 7) is 8.16. The molecule has 2 N–H and O–H groups in total. The van der Waals surface area contributed by atoms with Gasteiger partial charge in [0.2, 0.25) is 0 Å². The summed E-state index contributed by atoms with van der Waals surface area (Å²) in [4.78, 5) is 24.6. The molecular weight excluding hydrogens is 396 g/mol. The molecule has 7 atom stereocenters. The van der Waals surface area contributed by atoms with E-state index in [1.807, 2.05) is 20.8 Å². The molecule has 0 aromatic rings. The predicted molar refractivity (Wildman–Crippen MR) is 117 cm³/mol. The number of rotatable bonds is 7. The van der Waals surface area contributed by atoms with Gasteiger partial charge < -0.3 is 19.7 Å². The summed E-state index contributed by atoms with van der Waals surface area (Å²) >= 11 is 0. The van der Waals surface area contributed by atoms with Gasteiger partial charge in [-0.2, -0.15) is 0 Å². The second kappa shape index (κ2) is 10.0. The monoisotopic (exact) mass is 436 g/mol. The second-order valence-corrected chi connectivity index (χ2v) is 10.6. The smallest absolute Gasteiger partial charge is 0.311 e. The van der Waals surface area contributed by atoms with Crippen molar-refractivity contribution >= 4 is 11.9 Å². The molecule has 6 heteroatoms. The minimum Gasteiger partial charge on any atom is -0.462 e. The molecule has 3 rings (SSSR count). The third kappa shape index (κ3) is 5.70. The molecule has 1 saturated heterocycles. The third-order valence-electron chi connectivity index (χ3n) is 7.88. The minimum atomic E-state index is -0.615. The van der Waals surface area contributed by atoms with Crippen LogP contribution >= 0.6 is 0 Å². The van der Waals surface area contributed by atoms with E-state index in [2.05, 4.69) is 13.0 Å². The van der Waals surface area contributed by atoms with Gasteiger partial charge in [0.15, 0.2) is 0 Å². The van der Waals surface area contributed by atoms with Crippen molar-refractivity contribution in [1.82, 2.24) is 0 Å². The fraction of sp³-hybridized carbons (Fsp3) is 0.840. The molecule has 3 aliphatic rings. The highest BCUT2D eigenvalue weighted by Gasteiger charge is 2.45. The number of carbonyl (C=O) groups excluding carboxylic acids is 2. The number of hydrogen-bond acceptors (Lipinski definition) is 6. The molecule has 0 amide bonds. The summed E-state index contributed by atoms with van der Waals surface area (Å²) in [5.74, 6) is 0.472. The number of cyclic esters (lactones) is 1. The number of ether oxygens (including phenoxy) is 2. The first-order chi connectivity index (χ1) is 14.6. The van der Waals surface area contributed by atoms with Crippen molar-refractivity contribution in [3.8, 4) is 0 Å². The SMILES string of the molecule is CCC(C)(C)C(=O)O[C@H]1C[C@@H](CO)C=C2CC[C@H](C)[C@H](CC[C@@H]3C[C@@H](O)CC(=O)O3)[C@H]21. The van der Waals surface area contributed by atoms with Crippen molar-refractivity contribution in [1.29, 1.82) is 0 Å². The average Bonchev–Trinajstić information content (AvgIpc) is 2.72. The van der Waals surface area contributed by atoms with E-state index in [0.29, 0.717) is 37.5 Å². The fourth-order valence-electron chi connectivity index (χ4n) is 5.50. The molecule has 0 spiro atoms. The zero-order valence-electron chi connectivity index (χ0n) is 19.5. The van der Waals surface area contributed by atoms with Crippen molar-refractivity contribution in [3.63, 3.8) is 0 Å². The minimum absolute atomic E-state index is 0.0253. The van der Waals surface area contributed by atoms with E-state index in [4.69, 9.17) is 9.47 Å². The lowest BCUT2D eigenvalue weighted by atomic mass is 9.62. The maximum absolute atomic E-state index is 12.9. The van der Waals surface area contributed by atoms with Gasteiger partial charge in [0.25, 0.3) is 0 Å². The van der Waals surface area contributed by atoms with Crippen molar-refractivity contribution in [2.24, 2.45) is 29.1 Å². The van der Waals surface area contributed by atoms with Crippen molar-refractivity contribution in [2.45, 2.75) is 97.4 Å². The van der Waals surface area contributed by atoms with Crippen LogP contribution < -0.4 is 0 Å². The third-order valence-corrected chi connectivity index (χ3v) is 7.88. The number of hydrogen-bond donors (Lipinski definition) is 2. The zero-order valence-corrected chi connectivity index (χ0v) is 19.5. The predicted octanol–water partition coefficient (Wildman–Crippen LogP) is 3.78. The first-order valence-electron chi connectivity index (χ1n) is 12.0. The summed E-state index contributed by atoms with van der Waals surface area (Å²) in [6.07, 6.45) is 6.68. The highest BCUT2D eigenvalue weighted by molar-refractivity contribution is 5.76. The van der Waals surface area contributed by atoms with Crippen LogP contribution in [-0.4, -0.2) is 47.1 Å². The van der Waals surface area contributed by atoms with Gasteiger partial charge in [0.05, 0.1) is 17.9 Å². The topological polar surface area (TPSA) is 93.1 Å². The molecule has 2 aliphatic carbocycles. The number of aliphatic hydroxyl groups is 2. The van der Waals surface area contributed by atoms with Crippen LogP contribution in [0.2, 0.25) is 0 Å². The van der Waals surface area contributed by atoms with E-state index in [1.165, 1.54) is 5.57 Å². The molecule has 0 radical (unpaired) electrons. The van der Waals surface area contributed by atoms with Crippen LogP contribution in [0.1, 0.15) is 79.1 Å². The Hall–Kier alpha value is -1.40. The number of esters is 2. The molecule has 1 saturated carbocycles. The maximum atomic E-state index is 12.9. The summed E-state index contributed by atoms with van der Waals surface area (Å²) in [5.41, 5.74) is 0.777. The van der Waals surface area contributed by atoms with Gasteiger partial charge in [0, 0.05) is 24.9 Å². The Morgan fingerprint density at radius 2 is 2.03 bits per heavy atom. The Balaban J connectivity index is 1.77. The van der Waals surface area contributed by atoms with Crippen LogP contribution in [-0.2, 0) is 19.1 Å².